The molecule has 3 heteroatoms. The zero-order chi connectivity index (χ0) is 3.54. The zero-order valence-corrected chi connectivity index (χ0v) is 4.05. The fourth-order valence-corrected chi connectivity index (χ4v) is 0.215. The maximum Gasteiger partial charge on any atom is 0.0487 e. The first kappa shape index (κ1) is 5.72. The summed E-state index contributed by atoms with van der Waals surface area (Å²) in [6.07, 6.45) is 3.46. The molecule has 0 unspecified atom stereocenters. The molecule has 1 rings (SSSR count). The first-order valence-electron chi connectivity index (χ1n) is 1.44. The monoisotopic (exact) mass is 127 g/mol. The maximum atomic E-state index is 3.60. The first-order valence-corrected chi connectivity index (χ1v) is 1.44. The van der Waals surface area contributed by atoms with Crippen molar-refractivity contribution < 1.29 is 16.8 Å². The standard InChI is InChI=1S/C3H4N2.Co/c1-2-4-5-3-1;/h1-3H,(H,4,5);. The van der Waals surface area contributed by atoms with Crippen LogP contribution in [0.5, 0.6) is 0 Å². The van der Waals surface area contributed by atoms with Crippen LogP contribution in [0.2, 0.25) is 0 Å². The number of nitrogens with zero attached hydrogens (tertiary/aromatic N) is 1. The van der Waals surface area contributed by atoms with Crippen molar-refractivity contribution in [2.24, 2.45) is 0 Å². The topological polar surface area (TPSA) is 28.7 Å². The van der Waals surface area contributed by atoms with Crippen molar-refractivity contribution in [1.29, 1.82) is 0 Å². The van der Waals surface area contributed by atoms with Crippen LogP contribution in [0.1, 0.15) is 0 Å². The van der Waals surface area contributed by atoms with Gasteiger partial charge < -0.3 is 0 Å². The van der Waals surface area contributed by atoms with E-state index in [2.05, 4.69) is 10.2 Å². The number of H-pyrrole nitrogens is 1. The van der Waals surface area contributed by atoms with Gasteiger partial charge in [-0.2, -0.15) is 5.10 Å². The predicted molar refractivity (Wildman–Crippen MR) is 18.6 cm³/mol. The van der Waals surface area contributed by atoms with Gasteiger partial charge in [-0.05, 0) is 6.07 Å². The van der Waals surface area contributed by atoms with Crippen LogP contribution < -0.4 is 0 Å². The van der Waals surface area contributed by atoms with Crippen LogP contribution in [0, 0.1) is 0 Å². The Hall–Kier alpha value is -0.284. The van der Waals surface area contributed by atoms with E-state index in [0.29, 0.717) is 0 Å². The van der Waals surface area contributed by atoms with Crippen LogP contribution in [0.3, 0.4) is 0 Å². The largest absolute Gasteiger partial charge is 0.286 e. The number of hydrogen-bond donors (Lipinski definition) is 1. The average Bonchev–Trinajstić information content (AvgIpc) is 1.76. The molecule has 0 aliphatic rings. The van der Waals surface area contributed by atoms with E-state index in [4.69, 9.17) is 0 Å². The zero-order valence-electron chi connectivity index (χ0n) is 3.01. The number of rotatable bonds is 0. The van der Waals surface area contributed by atoms with Crippen molar-refractivity contribution in [3.05, 3.63) is 18.5 Å². The summed E-state index contributed by atoms with van der Waals surface area (Å²) in [7, 11) is 0. The maximum absolute atomic E-state index is 3.60. The van der Waals surface area contributed by atoms with Crippen LogP contribution in [-0.4, -0.2) is 10.2 Å². The molecule has 0 saturated heterocycles. The second-order valence-electron chi connectivity index (χ2n) is 0.766. The number of aromatic amines is 1. The Labute approximate surface area is 46.1 Å². The van der Waals surface area contributed by atoms with Crippen LogP contribution in [0.4, 0.5) is 0 Å². The van der Waals surface area contributed by atoms with E-state index in [1.54, 1.807) is 12.4 Å². The summed E-state index contributed by atoms with van der Waals surface area (Å²) in [5.41, 5.74) is 0. The number of aromatic nitrogens is 2. The number of hydrogen-bond acceptors (Lipinski definition) is 1. The SMILES string of the molecule is [Co].c1cn[nH]c1. The van der Waals surface area contributed by atoms with Gasteiger partial charge in [0, 0.05) is 29.2 Å². The van der Waals surface area contributed by atoms with Gasteiger partial charge in [-0.3, -0.25) is 5.10 Å². The molecule has 0 saturated carbocycles. The van der Waals surface area contributed by atoms with Crippen LogP contribution in [0.25, 0.3) is 0 Å². The normalized spacial score (nSPS) is 6.67. The van der Waals surface area contributed by atoms with Crippen molar-refractivity contribution >= 4 is 0 Å². The smallest absolute Gasteiger partial charge is 0.0487 e. The molecular formula is C3H4CoN2. The summed E-state index contributed by atoms with van der Waals surface area (Å²) >= 11 is 0. The van der Waals surface area contributed by atoms with E-state index in [0.717, 1.165) is 0 Å². The Morgan fingerprint density at radius 1 is 1.50 bits per heavy atom. The predicted octanol–water partition coefficient (Wildman–Crippen LogP) is 0.407. The van der Waals surface area contributed by atoms with E-state index in [-0.39, 0.29) is 16.8 Å². The number of nitrogens with one attached hydrogen (secondary N) is 1. The molecular weight excluding hydrogens is 123 g/mol. The van der Waals surface area contributed by atoms with Gasteiger partial charge in [-0.1, -0.05) is 0 Å². The molecule has 35 valence electrons. The Bertz CT molecular complexity index is 65.3. The molecule has 6 heavy (non-hydrogen) atoms. The molecule has 1 heterocycles. The molecule has 2 nitrogen and oxygen atoms in total. The van der Waals surface area contributed by atoms with E-state index in [1.807, 2.05) is 6.07 Å². The molecule has 0 aliphatic carbocycles. The fraction of sp³-hybridized carbons (Fsp3) is 0. The summed E-state index contributed by atoms with van der Waals surface area (Å²) < 4.78 is 0. The molecule has 0 amide bonds. The van der Waals surface area contributed by atoms with Crippen molar-refractivity contribution in [1.82, 2.24) is 10.2 Å². The molecule has 0 aliphatic heterocycles. The quantitative estimate of drug-likeness (QED) is 0.537. The minimum atomic E-state index is 0. The van der Waals surface area contributed by atoms with E-state index >= 15 is 0 Å². The molecule has 0 atom stereocenters. The first-order chi connectivity index (χ1) is 2.50. The third kappa shape index (κ3) is 1.23. The van der Waals surface area contributed by atoms with Crippen molar-refractivity contribution in [3.8, 4) is 0 Å². The van der Waals surface area contributed by atoms with Crippen LogP contribution in [-0.2, 0) is 16.8 Å². The summed E-state index contributed by atoms with van der Waals surface area (Å²) in [5.74, 6) is 0. The van der Waals surface area contributed by atoms with Crippen LogP contribution in [0.15, 0.2) is 18.5 Å². The second kappa shape index (κ2) is 2.93. The minimum absolute atomic E-state index is 0. The Morgan fingerprint density at radius 2 is 2.33 bits per heavy atom. The van der Waals surface area contributed by atoms with E-state index in [9.17, 15) is 0 Å². The Morgan fingerprint density at radius 3 is 2.50 bits per heavy atom. The summed E-state index contributed by atoms with van der Waals surface area (Å²) in [6, 6.07) is 1.83. The van der Waals surface area contributed by atoms with Gasteiger partial charge in [0.1, 0.15) is 0 Å². The van der Waals surface area contributed by atoms with Gasteiger partial charge >= 0.3 is 0 Å². The molecule has 1 N–H and O–H groups in total. The summed E-state index contributed by atoms with van der Waals surface area (Å²) in [5, 5.41) is 6.21. The molecule has 0 fully saturated rings. The van der Waals surface area contributed by atoms with Crippen molar-refractivity contribution in [2.75, 3.05) is 0 Å². The van der Waals surface area contributed by atoms with E-state index < -0.39 is 0 Å². The van der Waals surface area contributed by atoms with Gasteiger partial charge in [-0.15, -0.1) is 0 Å². The Kier molecular flexibility index (Phi) is 2.79. The van der Waals surface area contributed by atoms with Gasteiger partial charge in [0.25, 0.3) is 0 Å². The van der Waals surface area contributed by atoms with Crippen molar-refractivity contribution in [2.45, 2.75) is 0 Å². The van der Waals surface area contributed by atoms with Gasteiger partial charge in [0.05, 0.1) is 0 Å². The molecule has 0 spiro atoms. The van der Waals surface area contributed by atoms with Crippen LogP contribution >= 0.6 is 0 Å². The van der Waals surface area contributed by atoms with Gasteiger partial charge in [0.2, 0.25) is 0 Å². The molecule has 1 radical (unpaired) electrons. The third-order valence-corrected chi connectivity index (χ3v) is 0.406. The third-order valence-electron chi connectivity index (χ3n) is 0.406. The average molecular weight is 127 g/mol. The van der Waals surface area contributed by atoms with Gasteiger partial charge in [-0.25, -0.2) is 0 Å². The fourth-order valence-electron chi connectivity index (χ4n) is 0.215. The Balaban J connectivity index is 0.000000250. The summed E-state index contributed by atoms with van der Waals surface area (Å²) in [6.45, 7) is 0. The molecule has 0 bridgehead atoms. The minimum Gasteiger partial charge on any atom is -0.286 e. The molecule has 1 aromatic rings. The van der Waals surface area contributed by atoms with Gasteiger partial charge in [0.15, 0.2) is 0 Å². The van der Waals surface area contributed by atoms with Crippen molar-refractivity contribution in [3.63, 3.8) is 0 Å². The molecule has 0 aromatic carbocycles. The molecule has 1 aromatic heterocycles. The second-order valence-corrected chi connectivity index (χ2v) is 0.766. The summed E-state index contributed by atoms with van der Waals surface area (Å²) in [4.78, 5) is 0. The van der Waals surface area contributed by atoms with E-state index in [1.165, 1.54) is 0 Å².